The number of carbonyl (C=O) groups is 1. The normalized spacial score (nSPS) is 10.9. The van der Waals surface area contributed by atoms with Crippen LogP contribution in [0.4, 0.5) is 0 Å². The summed E-state index contributed by atoms with van der Waals surface area (Å²) in [6, 6.07) is 17.5. The summed E-state index contributed by atoms with van der Waals surface area (Å²) in [6.07, 6.45) is 3.20. The van der Waals surface area contributed by atoms with Crippen LogP contribution in [-0.2, 0) is 13.1 Å². The molecule has 1 N–H and O–H groups in total. The van der Waals surface area contributed by atoms with Crippen molar-refractivity contribution in [2.45, 2.75) is 33.9 Å². The lowest BCUT2D eigenvalue weighted by molar-refractivity contribution is 0.0729. The topological polar surface area (TPSA) is 66.1 Å². The quantitative estimate of drug-likeness (QED) is 0.518. The predicted molar refractivity (Wildman–Crippen MR) is 123 cm³/mol. The van der Waals surface area contributed by atoms with Gasteiger partial charge in [0.2, 0.25) is 0 Å². The highest BCUT2D eigenvalue weighted by atomic mass is 16.2. The Morgan fingerprint density at radius 1 is 1.00 bits per heavy atom. The van der Waals surface area contributed by atoms with E-state index in [9.17, 15) is 9.59 Å². The van der Waals surface area contributed by atoms with Crippen LogP contribution in [0.25, 0.3) is 10.9 Å². The van der Waals surface area contributed by atoms with E-state index in [0.29, 0.717) is 17.7 Å². The van der Waals surface area contributed by atoms with Crippen LogP contribution in [0.5, 0.6) is 0 Å². The van der Waals surface area contributed by atoms with E-state index in [-0.39, 0.29) is 18.0 Å². The van der Waals surface area contributed by atoms with Crippen molar-refractivity contribution in [3.63, 3.8) is 0 Å². The number of pyridine rings is 2. The first-order valence-corrected chi connectivity index (χ1v) is 10.3. The zero-order chi connectivity index (χ0) is 22.0. The van der Waals surface area contributed by atoms with Gasteiger partial charge in [-0.05, 0) is 61.0 Å². The van der Waals surface area contributed by atoms with Crippen molar-refractivity contribution in [2.24, 2.45) is 0 Å². The Balaban J connectivity index is 1.72. The molecule has 4 aromatic rings. The van der Waals surface area contributed by atoms with Gasteiger partial charge < -0.3 is 9.88 Å². The minimum absolute atomic E-state index is 0.159. The molecule has 0 bridgehead atoms. The van der Waals surface area contributed by atoms with E-state index in [1.54, 1.807) is 29.4 Å². The molecular weight excluding hydrogens is 386 g/mol. The van der Waals surface area contributed by atoms with E-state index < -0.39 is 0 Å². The number of hydrogen-bond donors (Lipinski definition) is 1. The molecule has 31 heavy (non-hydrogen) atoms. The first kappa shape index (κ1) is 20.5. The second-order valence-electron chi connectivity index (χ2n) is 7.98. The Bertz CT molecular complexity index is 1290. The number of benzene rings is 2. The lowest BCUT2D eigenvalue weighted by atomic mass is 10.0. The smallest absolute Gasteiger partial charge is 0.256 e. The van der Waals surface area contributed by atoms with E-state index in [2.05, 4.69) is 9.97 Å². The highest BCUT2D eigenvalue weighted by Gasteiger charge is 2.19. The third-order valence-corrected chi connectivity index (χ3v) is 5.68. The van der Waals surface area contributed by atoms with E-state index in [1.807, 2.05) is 63.2 Å². The van der Waals surface area contributed by atoms with Crippen LogP contribution < -0.4 is 5.56 Å². The summed E-state index contributed by atoms with van der Waals surface area (Å²) in [6.45, 7) is 6.67. The number of H-pyrrole nitrogens is 1. The van der Waals surface area contributed by atoms with Gasteiger partial charge in [0.05, 0.1) is 17.6 Å². The van der Waals surface area contributed by atoms with Gasteiger partial charge in [0, 0.05) is 24.5 Å². The Morgan fingerprint density at radius 3 is 2.48 bits per heavy atom. The molecule has 0 radical (unpaired) electrons. The van der Waals surface area contributed by atoms with Gasteiger partial charge >= 0.3 is 0 Å². The molecule has 2 aromatic heterocycles. The largest absolute Gasteiger partial charge is 0.330 e. The summed E-state index contributed by atoms with van der Waals surface area (Å²) >= 11 is 0. The van der Waals surface area contributed by atoms with Gasteiger partial charge in [-0.2, -0.15) is 0 Å². The number of amides is 1. The molecule has 2 aromatic carbocycles. The molecule has 1 amide bonds. The van der Waals surface area contributed by atoms with Crippen LogP contribution in [0.1, 0.15) is 38.2 Å². The average Bonchev–Trinajstić information content (AvgIpc) is 2.78. The summed E-state index contributed by atoms with van der Waals surface area (Å²) in [5, 5.41) is 0.960. The second kappa shape index (κ2) is 8.56. The molecule has 0 aliphatic heterocycles. The number of nitrogens with one attached hydrogen (secondary N) is 1. The number of nitrogens with zero attached hydrogens (tertiary/aromatic N) is 2. The molecule has 5 heteroatoms. The van der Waals surface area contributed by atoms with Crippen LogP contribution in [0.3, 0.4) is 0 Å². The molecule has 4 rings (SSSR count). The molecule has 0 fully saturated rings. The summed E-state index contributed by atoms with van der Waals surface area (Å²) in [5.41, 5.74) is 6.08. The second-order valence-corrected chi connectivity index (χ2v) is 7.98. The Hall–Kier alpha value is -3.73. The first-order chi connectivity index (χ1) is 14.9. The van der Waals surface area contributed by atoms with Gasteiger partial charge in [-0.25, -0.2) is 0 Å². The van der Waals surface area contributed by atoms with E-state index >= 15 is 0 Å². The molecule has 0 atom stereocenters. The maximum atomic E-state index is 13.3. The molecule has 2 heterocycles. The number of hydrogen-bond acceptors (Lipinski definition) is 3. The standard InChI is InChI=1S/C26H25N3O2/c1-17-6-9-20(10-7-17)15-29(26(31)22-5-4-12-27-14-22)16-23-13-21-11-8-18(2)19(3)24(21)28-25(23)30/h4-14H,15-16H2,1-3H3,(H,28,30). The lowest BCUT2D eigenvalue weighted by Gasteiger charge is -2.23. The van der Waals surface area contributed by atoms with E-state index in [4.69, 9.17) is 0 Å². The van der Waals surface area contributed by atoms with Crippen LogP contribution in [-0.4, -0.2) is 20.8 Å². The molecule has 0 aliphatic carbocycles. The fourth-order valence-corrected chi connectivity index (χ4v) is 3.68. The summed E-state index contributed by atoms with van der Waals surface area (Å²) in [4.78, 5) is 34.9. The highest BCUT2D eigenvalue weighted by molar-refractivity contribution is 5.94. The number of aromatic amines is 1. The average molecular weight is 412 g/mol. The van der Waals surface area contributed by atoms with Crippen molar-refractivity contribution in [1.29, 1.82) is 0 Å². The lowest BCUT2D eigenvalue weighted by Crippen LogP contribution is -2.32. The van der Waals surface area contributed by atoms with Crippen molar-refractivity contribution in [1.82, 2.24) is 14.9 Å². The third-order valence-electron chi connectivity index (χ3n) is 5.68. The number of fused-ring (bicyclic) bond motifs is 1. The molecule has 0 saturated carbocycles. The first-order valence-electron chi connectivity index (χ1n) is 10.3. The van der Waals surface area contributed by atoms with Crippen molar-refractivity contribution in [2.75, 3.05) is 0 Å². The van der Waals surface area contributed by atoms with Crippen molar-refractivity contribution in [3.8, 4) is 0 Å². The number of carbonyl (C=O) groups excluding carboxylic acids is 1. The molecular formula is C26H25N3O2. The molecule has 156 valence electrons. The molecule has 0 saturated heterocycles. The van der Waals surface area contributed by atoms with Crippen LogP contribution in [0.15, 0.2) is 71.8 Å². The van der Waals surface area contributed by atoms with Gasteiger partial charge in [-0.15, -0.1) is 0 Å². The summed E-state index contributed by atoms with van der Waals surface area (Å²) in [5.74, 6) is -0.159. The predicted octanol–water partition coefficient (Wildman–Crippen LogP) is 4.69. The zero-order valence-electron chi connectivity index (χ0n) is 18.0. The van der Waals surface area contributed by atoms with Crippen molar-refractivity contribution >= 4 is 16.8 Å². The van der Waals surface area contributed by atoms with Crippen LogP contribution >= 0.6 is 0 Å². The Morgan fingerprint density at radius 2 is 1.77 bits per heavy atom. The monoisotopic (exact) mass is 411 g/mol. The summed E-state index contributed by atoms with van der Waals surface area (Å²) < 4.78 is 0. The fraction of sp³-hybridized carbons (Fsp3) is 0.192. The maximum Gasteiger partial charge on any atom is 0.256 e. The van der Waals surface area contributed by atoms with Gasteiger partial charge in [-0.3, -0.25) is 14.6 Å². The fourth-order valence-electron chi connectivity index (χ4n) is 3.68. The van der Waals surface area contributed by atoms with Crippen LogP contribution in [0.2, 0.25) is 0 Å². The minimum atomic E-state index is -0.172. The zero-order valence-corrected chi connectivity index (χ0v) is 18.0. The van der Waals surface area contributed by atoms with Crippen LogP contribution in [0, 0.1) is 20.8 Å². The SMILES string of the molecule is Cc1ccc(CN(Cc2cc3ccc(C)c(C)c3[nH]c2=O)C(=O)c2cccnc2)cc1. The Kier molecular flexibility index (Phi) is 5.67. The number of rotatable bonds is 5. The van der Waals surface area contributed by atoms with Gasteiger partial charge in [-0.1, -0.05) is 42.0 Å². The highest BCUT2D eigenvalue weighted by Crippen LogP contribution is 2.20. The van der Waals surface area contributed by atoms with Crippen molar-refractivity contribution in [3.05, 3.63) is 111 Å². The summed E-state index contributed by atoms with van der Waals surface area (Å²) in [7, 11) is 0. The Labute approximate surface area is 181 Å². The van der Waals surface area contributed by atoms with Crippen molar-refractivity contribution < 1.29 is 4.79 Å². The molecule has 0 aliphatic rings. The minimum Gasteiger partial charge on any atom is -0.330 e. The van der Waals surface area contributed by atoms with E-state index in [0.717, 1.165) is 33.2 Å². The van der Waals surface area contributed by atoms with E-state index in [1.165, 1.54) is 0 Å². The third kappa shape index (κ3) is 4.40. The van der Waals surface area contributed by atoms with Gasteiger partial charge in [0.1, 0.15) is 0 Å². The molecule has 0 unspecified atom stereocenters. The maximum absolute atomic E-state index is 13.3. The molecule has 5 nitrogen and oxygen atoms in total. The van der Waals surface area contributed by atoms with Gasteiger partial charge in [0.25, 0.3) is 11.5 Å². The molecule has 0 spiro atoms. The number of aromatic nitrogens is 2. The van der Waals surface area contributed by atoms with Gasteiger partial charge in [0.15, 0.2) is 0 Å². The number of aryl methyl sites for hydroxylation is 3.